The summed E-state index contributed by atoms with van der Waals surface area (Å²) in [6.45, 7) is 2.39. The first kappa shape index (κ1) is 16.0. The maximum atomic E-state index is 9.23. The predicted molar refractivity (Wildman–Crippen MR) is 86.9 cm³/mol. The summed E-state index contributed by atoms with van der Waals surface area (Å²) in [4.78, 5) is 8.68. The Bertz CT molecular complexity index is 704. The van der Waals surface area contributed by atoms with Crippen LogP contribution in [-0.4, -0.2) is 25.4 Å². The van der Waals surface area contributed by atoms with Crippen molar-refractivity contribution in [3.8, 4) is 17.6 Å². The van der Waals surface area contributed by atoms with Gasteiger partial charge >= 0.3 is 0 Å². The Labute approximate surface area is 133 Å². The van der Waals surface area contributed by atoms with E-state index in [1.807, 2.05) is 30.5 Å². The van der Waals surface area contributed by atoms with Crippen molar-refractivity contribution >= 4 is 17.6 Å². The van der Waals surface area contributed by atoms with Crippen LogP contribution in [0.3, 0.4) is 0 Å². The van der Waals surface area contributed by atoms with E-state index >= 15 is 0 Å². The summed E-state index contributed by atoms with van der Waals surface area (Å²) in [7, 11) is 3.20. The summed E-state index contributed by atoms with van der Waals surface area (Å²) < 4.78 is 10.5. The zero-order valence-corrected chi connectivity index (χ0v) is 13.6. The van der Waals surface area contributed by atoms with E-state index in [0.29, 0.717) is 18.0 Å². The monoisotopic (exact) mass is 315 g/mol. The topological polar surface area (TPSA) is 67.5 Å². The average Bonchev–Trinajstić information content (AvgIpc) is 2.97. The minimum atomic E-state index is -0.404. The van der Waals surface area contributed by atoms with Crippen LogP contribution in [0.5, 0.6) is 11.5 Å². The van der Waals surface area contributed by atoms with Gasteiger partial charge in [-0.2, -0.15) is 5.26 Å². The minimum Gasteiger partial charge on any atom is -0.493 e. The number of benzene rings is 1. The van der Waals surface area contributed by atoms with Gasteiger partial charge in [-0.05, 0) is 24.6 Å². The molecule has 0 amide bonds. The van der Waals surface area contributed by atoms with Gasteiger partial charge in [-0.3, -0.25) is 4.99 Å². The van der Waals surface area contributed by atoms with E-state index in [4.69, 9.17) is 9.47 Å². The molecule has 22 heavy (non-hydrogen) atoms. The molecule has 1 heterocycles. The van der Waals surface area contributed by atoms with Crippen molar-refractivity contribution in [2.45, 2.75) is 19.4 Å². The Morgan fingerprint density at radius 2 is 2.14 bits per heavy atom. The van der Waals surface area contributed by atoms with Crippen LogP contribution in [0, 0.1) is 18.3 Å². The van der Waals surface area contributed by atoms with Crippen molar-refractivity contribution in [1.82, 2.24) is 4.98 Å². The molecule has 0 saturated carbocycles. The van der Waals surface area contributed by atoms with E-state index < -0.39 is 5.92 Å². The summed E-state index contributed by atoms with van der Waals surface area (Å²) in [5, 5.41) is 11.9. The smallest absolute Gasteiger partial charge is 0.161 e. The van der Waals surface area contributed by atoms with E-state index in [2.05, 4.69) is 16.0 Å². The highest BCUT2D eigenvalue weighted by molar-refractivity contribution is 7.09. The fraction of sp³-hybridized carbons (Fsp3) is 0.312. The average molecular weight is 315 g/mol. The van der Waals surface area contributed by atoms with Crippen LogP contribution < -0.4 is 9.47 Å². The van der Waals surface area contributed by atoms with Gasteiger partial charge in [0.05, 0.1) is 26.8 Å². The van der Waals surface area contributed by atoms with E-state index in [-0.39, 0.29) is 0 Å². The van der Waals surface area contributed by atoms with Crippen LogP contribution in [0.4, 0.5) is 0 Å². The molecule has 0 aliphatic carbocycles. The lowest BCUT2D eigenvalue weighted by molar-refractivity contribution is 0.354. The van der Waals surface area contributed by atoms with Crippen LogP contribution in [0.2, 0.25) is 0 Å². The first-order valence-electron chi connectivity index (χ1n) is 6.70. The number of ether oxygens (including phenoxy) is 2. The molecule has 5 nitrogen and oxygen atoms in total. The standard InChI is InChI=1S/C16H17N3O2S/c1-11-10-22-16(19-11)13(7-17)9-18-8-12-4-5-14(20-2)15(6-12)21-3/h4-6,9-10,13H,8H2,1-3H3/t13-/m0/s1. The second kappa shape index (κ2) is 7.57. The molecule has 114 valence electrons. The Morgan fingerprint density at radius 3 is 2.73 bits per heavy atom. The van der Waals surface area contributed by atoms with Gasteiger partial charge in [0.15, 0.2) is 11.5 Å². The number of thiazole rings is 1. The molecule has 2 aromatic rings. The minimum absolute atomic E-state index is 0.404. The van der Waals surface area contributed by atoms with Crippen LogP contribution in [0.15, 0.2) is 28.6 Å². The second-order valence-electron chi connectivity index (χ2n) is 4.61. The maximum Gasteiger partial charge on any atom is 0.161 e. The normalized spacial score (nSPS) is 12.1. The maximum absolute atomic E-state index is 9.23. The van der Waals surface area contributed by atoms with Gasteiger partial charge in [-0.15, -0.1) is 11.3 Å². The zero-order valence-electron chi connectivity index (χ0n) is 12.7. The van der Waals surface area contributed by atoms with Crippen molar-refractivity contribution in [2.24, 2.45) is 4.99 Å². The molecular weight excluding hydrogens is 298 g/mol. The summed E-state index contributed by atoms with van der Waals surface area (Å²) in [6, 6.07) is 7.86. The number of rotatable bonds is 6. The Balaban J connectivity index is 2.07. The predicted octanol–water partition coefficient (Wildman–Crippen LogP) is 3.35. The molecule has 6 heteroatoms. The van der Waals surface area contributed by atoms with Gasteiger partial charge in [-0.25, -0.2) is 4.98 Å². The molecule has 0 radical (unpaired) electrons. The summed E-state index contributed by atoms with van der Waals surface area (Å²) in [6.07, 6.45) is 1.65. The molecule has 0 N–H and O–H groups in total. The third kappa shape index (κ3) is 3.83. The van der Waals surface area contributed by atoms with Gasteiger partial charge in [0.2, 0.25) is 0 Å². The van der Waals surface area contributed by atoms with Crippen LogP contribution in [0.1, 0.15) is 22.2 Å². The first-order chi connectivity index (χ1) is 10.7. The van der Waals surface area contributed by atoms with Crippen molar-refractivity contribution in [1.29, 1.82) is 5.26 Å². The molecule has 1 aromatic heterocycles. The van der Waals surface area contributed by atoms with E-state index in [9.17, 15) is 5.26 Å². The van der Waals surface area contributed by atoms with Gasteiger partial charge in [0, 0.05) is 17.3 Å². The summed E-state index contributed by atoms with van der Waals surface area (Å²) >= 11 is 1.48. The lowest BCUT2D eigenvalue weighted by atomic mass is 10.2. The van der Waals surface area contributed by atoms with Crippen molar-refractivity contribution in [3.63, 3.8) is 0 Å². The zero-order chi connectivity index (χ0) is 15.9. The van der Waals surface area contributed by atoms with E-state index in [0.717, 1.165) is 16.3 Å². The molecule has 0 bridgehead atoms. The molecule has 0 spiro atoms. The largest absolute Gasteiger partial charge is 0.493 e. The summed E-state index contributed by atoms with van der Waals surface area (Å²) in [5.74, 6) is 0.949. The van der Waals surface area contributed by atoms with Crippen LogP contribution in [-0.2, 0) is 6.54 Å². The van der Waals surface area contributed by atoms with Crippen molar-refractivity contribution < 1.29 is 9.47 Å². The third-order valence-corrected chi connectivity index (χ3v) is 4.06. The third-order valence-electron chi connectivity index (χ3n) is 3.02. The highest BCUT2D eigenvalue weighted by Gasteiger charge is 2.11. The van der Waals surface area contributed by atoms with E-state index in [1.165, 1.54) is 11.3 Å². The quantitative estimate of drug-likeness (QED) is 0.767. The summed E-state index contributed by atoms with van der Waals surface area (Å²) in [5.41, 5.74) is 1.91. The van der Waals surface area contributed by atoms with Crippen molar-refractivity contribution in [3.05, 3.63) is 39.8 Å². The fourth-order valence-electron chi connectivity index (χ4n) is 1.91. The number of hydrogen-bond acceptors (Lipinski definition) is 6. The molecule has 2 rings (SSSR count). The molecule has 1 atom stereocenters. The van der Waals surface area contributed by atoms with Gasteiger partial charge in [0.25, 0.3) is 0 Å². The van der Waals surface area contributed by atoms with Crippen molar-refractivity contribution in [2.75, 3.05) is 14.2 Å². The van der Waals surface area contributed by atoms with Gasteiger partial charge in [-0.1, -0.05) is 6.07 Å². The molecule has 0 fully saturated rings. The number of methoxy groups -OCH3 is 2. The molecule has 0 aliphatic rings. The molecule has 0 aliphatic heterocycles. The number of aliphatic imine (C=N–C) groups is 1. The van der Waals surface area contributed by atoms with Crippen LogP contribution >= 0.6 is 11.3 Å². The first-order valence-corrected chi connectivity index (χ1v) is 7.58. The lowest BCUT2D eigenvalue weighted by Gasteiger charge is -2.08. The Hall–Kier alpha value is -2.39. The van der Waals surface area contributed by atoms with Gasteiger partial charge in [0.1, 0.15) is 10.9 Å². The number of nitriles is 1. The van der Waals surface area contributed by atoms with Gasteiger partial charge < -0.3 is 9.47 Å². The fourth-order valence-corrected chi connectivity index (χ4v) is 2.71. The highest BCUT2D eigenvalue weighted by atomic mass is 32.1. The Morgan fingerprint density at radius 1 is 1.36 bits per heavy atom. The molecule has 0 saturated heterocycles. The highest BCUT2D eigenvalue weighted by Crippen LogP contribution is 2.27. The number of nitrogens with zero attached hydrogens (tertiary/aromatic N) is 3. The second-order valence-corrected chi connectivity index (χ2v) is 5.50. The molecular formula is C16H17N3O2S. The SMILES string of the molecule is COc1ccc(CN=C[C@H](C#N)c2nc(C)cs2)cc1OC. The van der Waals surface area contributed by atoms with Crippen LogP contribution in [0.25, 0.3) is 0 Å². The Kier molecular flexibility index (Phi) is 5.50. The lowest BCUT2D eigenvalue weighted by Crippen LogP contribution is -1.97. The van der Waals surface area contributed by atoms with E-state index in [1.54, 1.807) is 20.4 Å². The molecule has 1 aromatic carbocycles. The number of aryl methyl sites for hydroxylation is 1. The number of aromatic nitrogens is 1. The number of hydrogen-bond donors (Lipinski definition) is 0. The molecule has 0 unspecified atom stereocenters.